The van der Waals surface area contributed by atoms with E-state index in [1.807, 2.05) is 0 Å². The van der Waals surface area contributed by atoms with Gasteiger partial charge < -0.3 is 0 Å². The van der Waals surface area contributed by atoms with E-state index in [2.05, 4.69) is 4.98 Å². The van der Waals surface area contributed by atoms with Crippen LogP contribution < -0.4 is 0 Å². The maximum absolute atomic E-state index is 12.1. The Labute approximate surface area is 97.0 Å². The highest BCUT2D eigenvalue weighted by Crippen LogP contribution is 2.24. The zero-order valence-corrected chi connectivity index (χ0v) is 10.1. The molecule has 0 spiro atoms. The van der Waals surface area contributed by atoms with Crippen molar-refractivity contribution < 1.29 is 17.2 Å². The highest BCUT2D eigenvalue weighted by molar-refractivity contribution is 14.1. The predicted molar refractivity (Wildman–Crippen MR) is 54.9 cm³/mol. The summed E-state index contributed by atoms with van der Waals surface area (Å²) in [7, 11) is 1.12. The Morgan fingerprint density at radius 1 is 1.43 bits per heavy atom. The first-order valence-corrected chi connectivity index (χ1v) is 6.60. The lowest BCUT2D eigenvalue weighted by Gasteiger charge is -2.02. The van der Waals surface area contributed by atoms with E-state index in [0.29, 0.717) is 0 Å². The topological polar surface area (TPSA) is 47.0 Å². The van der Waals surface area contributed by atoms with E-state index in [4.69, 9.17) is 10.7 Å². The first-order valence-electron chi connectivity index (χ1n) is 3.21. The molecule has 0 radical (unpaired) electrons. The maximum atomic E-state index is 12.1. The lowest BCUT2D eigenvalue weighted by atomic mass is 10.4. The van der Waals surface area contributed by atoms with Crippen LogP contribution >= 0.6 is 33.3 Å². The molecule has 0 N–H and O–H groups in total. The van der Waals surface area contributed by atoms with Crippen molar-refractivity contribution in [1.29, 1.82) is 0 Å². The molecular weight excluding hydrogens is 350 g/mol. The van der Waals surface area contributed by atoms with E-state index in [1.54, 1.807) is 0 Å². The molecule has 0 aliphatic rings. The highest BCUT2D eigenvalue weighted by Gasteiger charge is 2.18. The molecule has 8 heteroatoms. The average molecular weight is 354 g/mol. The zero-order valence-electron chi connectivity index (χ0n) is 6.42. The minimum Gasteiger partial charge on any atom is -0.239 e. The van der Waals surface area contributed by atoms with Crippen molar-refractivity contribution in [2.75, 3.05) is 0 Å². The number of hydrogen-bond donors (Lipinski definition) is 0. The minimum absolute atomic E-state index is 0.0598. The van der Waals surface area contributed by atoms with Gasteiger partial charge in [-0.05, 0) is 34.7 Å². The number of nitrogens with zero attached hydrogens (tertiary/aromatic N) is 1. The Bertz CT molecular complexity index is 451. The normalized spacial score (nSPS) is 12.1. The van der Waals surface area contributed by atoms with Gasteiger partial charge in [0.2, 0.25) is 0 Å². The van der Waals surface area contributed by atoms with Crippen LogP contribution in [0, 0.1) is 3.70 Å². The molecule has 0 saturated heterocycles. The molecule has 0 amide bonds. The molecule has 14 heavy (non-hydrogen) atoms. The third kappa shape index (κ3) is 2.74. The van der Waals surface area contributed by atoms with Gasteiger partial charge in [-0.3, -0.25) is 0 Å². The van der Waals surface area contributed by atoms with Gasteiger partial charge in [0.15, 0.2) is 0 Å². The van der Waals surface area contributed by atoms with Crippen LogP contribution in [0.25, 0.3) is 0 Å². The molecule has 0 aromatic carbocycles. The first kappa shape index (κ1) is 12.1. The summed E-state index contributed by atoms with van der Waals surface area (Å²) in [5, 5.41) is 0. The zero-order chi connectivity index (χ0) is 10.9. The standard InChI is InChI=1S/C6H3ClF2INO2S/c7-14(12,13)4-2-1-3(5(8)9)11-6(4)10/h1-2,5H. The molecule has 1 aromatic rings. The molecule has 78 valence electrons. The summed E-state index contributed by atoms with van der Waals surface area (Å²) in [6, 6.07) is 1.95. The van der Waals surface area contributed by atoms with Crippen LogP contribution in [0.2, 0.25) is 0 Å². The highest BCUT2D eigenvalue weighted by atomic mass is 127. The van der Waals surface area contributed by atoms with Gasteiger partial charge in [0.05, 0.1) is 0 Å². The van der Waals surface area contributed by atoms with Gasteiger partial charge in [-0.15, -0.1) is 0 Å². The van der Waals surface area contributed by atoms with Crippen molar-refractivity contribution in [2.24, 2.45) is 0 Å². The van der Waals surface area contributed by atoms with E-state index in [0.717, 1.165) is 12.1 Å². The molecule has 0 bridgehead atoms. The third-order valence-electron chi connectivity index (χ3n) is 1.32. The van der Waals surface area contributed by atoms with E-state index in [1.165, 1.54) is 22.6 Å². The third-order valence-corrected chi connectivity index (χ3v) is 3.86. The smallest absolute Gasteiger partial charge is 0.239 e. The van der Waals surface area contributed by atoms with Crippen molar-refractivity contribution in [2.45, 2.75) is 11.3 Å². The molecule has 1 aromatic heterocycles. The first-order chi connectivity index (χ1) is 6.32. The van der Waals surface area contributed by atoms with Crippen molar-refractivity contribution in [3.63, 3.8) is 0 Å². The Hall–Kier alpha value is -0.0200. The summed E-state index contributed by atoms with van der Waals surface area (Å²) in [5.41, 5.74) is -0.474. The summed E-state index contributed by atoms with van der Waals surface area (Å²) in [4.78, 5) is 3.15. The van der Waals surface area contributed by atoms with Gasteiger partial charge >= 0.3 is 0 Å². The second-order valence-corrected chi connectivity index (χ2v) is 5.82. The van der Waals surface area contributed by atoms with Gasteiger partial charge in [0, 0.05) is 10.7 Å². The summed E-state index contributed by atoms with van der Waals surface area (Å²) in [5.74, 6) is 0. The van der Waals surface area contributed by atoms with Crippen molar-refractivity contribution in [1.82, 2.24) is 4.98 Å². The molecule has 0 aliphatic carbocycles. The van der Waals surface area contributed by atoms with Crippen LogP contribution in [0.4, 0.5) is 8.78 Å². The summed E-state index contributed by atoms with van der Waals surface area (Å²) >= 11 is 1.54. The quantitative estimate of drug-likeness (QED) is 0.466. The van der Waals surface area contributed by atoms with E-state index in [9.17, 15) is 17.2 Å². The second kappa shape index (κ2) is 4.23. The molecular formula is C6H3ClF2INO2S. The van der Waals surface area contributed by atoms with Crippen LogP contribution in [0.1, 0.15) is 12.1 Å². The number of pyridine rings is 1. The number of halogens is 4. The maximum Gasteiger partial charge on any atom is 0.280 e. The predicted octanol–water partition coefficient (Wildman–Crippen LogP) is 2.55. The summed E-state index contributed by atoms with van der Waals surface area (Å²) < 4.78 is 45.9. The van der Waals surface area contributed by atoms with Crippen LogP contribution in [-0.2, 0) is 9.05 Å². The largest absolute Gasteiger partial charge is 0.280 e. The number of rotatable bonds is 2. The van der Waals surface area contributed by atoms with E-state index < -0.39 is 21.2 Å². The van der Waals surface area contributed by atoms with E-state index in [-0.39, 0.29) is 8.60 Å². The molecule has 0 fully saturated rings. The number of hydrogen-bond acceptors (Lipinski definition) is 3. The fourth-order valence-electron chi connectivity index (χ4n) is 0.739. The van der Waals surface area contributed by atoms with Gasteiger partial charge in [-0.25, -0.2) is 22.2 Å². The fraction of sp³-hybridized carbons (Fsp3) is 0.167. The molecule has 1 heterocycles. The number of alkyl halides is 2. The number of aromatic nitrogens is 1. The molecule has 0 aliphatic heterocycles. The molecule has 0 unspecified atom stereocenters. The second-order valence-electron chi connectivity index (χ2n) is 2.26. The van der Waals surface area contributed by atoms with Crippen LogP contribution in [0.15, 0.2) is 17.0 Å². The average Bonchev–Trinajstić information content (AvgIpc) is 2.01. The molecule has 0 saturated carbocycles. The fourth-order valence-corrected chi connectivity index (χ4v) is 3.31. The van der Waals surface area contributed by atoms with Gasteiger partial charge in [0.1, 0.15) is 14.3 Å². The Balaban J connectivity index is 3.28. The Morgan fingerprint density at radius 2 is 2.00 bits per heavy atom. The van der Waals surface area contributed by atoms with Crippen LogP contribution in [0.3, 0.4) is 0 Å². The van der Waals surface area contributed by atoms with E-state index >= 15 is 0 Å². The molecule has 3 nitrogen and oxygen atoms in total. The van der Waals surface area contributed by atoms with Crippen LogP contribution in [0.5, 0.6) is 0 Å². The van der Waals surface area contributed by atoms with Crippen LogP contribution in [-0.4, -0.2) is 13.4 Å². The van der Waals surface area contributed by atoms with Gasteiger partial charge in [-0.1, -0.05) is 0 Å². The lowest BCUT2D eigenvalue weighted by Crippen LogP contribution is -2.00. The SMILES string of the molecule is O=S(=O)(Cl)c1ccc(C(F)F)nc1I. The summed E-state index contributed by atoms with van der Waals surface area (Å²) in [6.45, 7) is 0. The summed E-state index contributed by atoms with van der Waals surface area (Å²) in [6.07, 6.45) is -2.73. The molecule has 0 atom stereocenters. The van der Waals surface area contributed by atoms with Crippen molar-refractivity contribution in [3.8, 4) is 0 Å². The van der Waals surface area contributed by atoms with Gasteiger partial charge in [-0.2, -0.15) is 0 Å². The molecule has 1 rings (SSSR count). The Morgan fingerprint density at radius 3 is 2.36 bits per heavy atom. The Kier molecular flexibility index (Phi) is 3.64. The van der Waals surface area contributed by atoms with Crippen molar-refractivity contribution >= 4 is 42.3 Å². The minimum atomic E-state index is -3.92. The monoisotopic (exact) mass is 353 g/mol. The lowest BCUT2D eigenvalue weighted by molar-refractivity contribution is 0.145. The van der Waals surface area contributed by atoms with Gasteiger partial charge in [0.25, 0.3) is 15.5 Å². The van der Waals surface area contributed by atoms with Crippen molar-refractivity contribution in [3.05, 3.63) is 21.5 Å².